The Hall–Kier alpha value is -0.430. The van der Waals surface area contributed by atoms with E-state index in [-0.39, 0.29) is 5.56 Å². The predicted octanol–water partition coefficient (Wildman–Crippen LogP) is 4.30. The molecule has 0 saturated heterocycles. The van der Waals surface area contributed by atoms with Gasteiger partial charge in [-0.15, -0.1) is 0 Å². The number of benzene rings is 1. The lowest BCUT2D eigenvalue weighted by molar-refractivity contribution is -0.125. The van der Waals surface area contributed by atoms with Gasteiger partial charge in [-0.1, -0.05) is 62.2 Å². The summed E-state index contributed by atoms with van der Waals surface area (Å²) in [6, 6.07) is 7.62. The number of carbonyl (C=O) groups is 1. The highest BCUT2D eigenvalue weighted by Gasteiger charge is 2.51. The molecule has 0 heterocycles. The molecule has 0 spiro atoms. The maximum Gasteiger partial charge on any atom is 0.321 e. The summed E-state index contributed by atoms with van der Waals surface area (Å²) in [6.45, 7) is 0. The van der Waals surface area contributed by atoms with Crippen LogP contribution in [0.25, 0.3) is 0 Å². The van der Waals surface area contributed by atoms with Crippen LogP contribution in [-0.2, 0) is 0 Å². The zero-order valence-corrected chi connectivity index (χ0v) is 12.0. The Bertz CT molecular complexity index is 411. The Morgan fingerprint density at radius 3 is 2.06 bits per heavy atom. The van der Waals surface area contributed by atoms with Gasteiger partial charge in [0.05, 0.1) is 4.83 Å². The molecule has 0 aliphatic carbocycles. The third-order valence-corrected chi connectivity index (χ3v) is 5.02. The fourth-order valence-corrected chi connectivity index (χ4v) is 2.27. The van der Waals surface area contributed by atoms with Crippen molar-refractivity contribution in [3.05, 3.63) is 35.9 Å². The van der Waals surface area contributed by atoms with Crippen LogP contribution in [0.15, 0.2) is 30.3 Å². The molecule has 7 heteroatoms. The van der Waals surface area contributed by atoms with Crippen molar-refractivity contribution in [2.75, 3.05) is 0 Å². The molecule has 1 nitrogen and oxygen atoms in total. The van der Waals surface area contributed by atoms with E-state index in [9.17, 15) is 22.4 Å². The Morgan fingerprint density at radius 1 is 1.11 bits per heavy atom. The Labute approximate surface area is 118 Å². The molecule has 0 saturated carbocycles. The average molecular weight is 392 g/mol. The molecular formula is C11H8Br2F4O. The summed E-state index contributed by atoms with van der Waals surface area (Å²) in [5.41, 5.74) is 0.175. The molecule has 2 atom stereocenters. The first kappa shape index (κ1) is 15.6. The van der Waals surface area contributed by atoms with Gasteiger partial charge in [0.2, 0.25) is 0 Å². The molecule has 100 valence electrons. The van der Waals surface area contributed by atoms with E-state index in [4.69, 9.17) is 0 Å². The lowest BCUT2D eigenvalue weighted by Crippen LogP contribution is -2.44. The number of halogens is 6. The second-order valence-corrected chi connectivity index (χ2v) is 5.48. The van der Waals surface area contributed by atoms with Crippen LogP contribution < -0.4 is 0 Å². The summed E-state index contributed by atoms with van der Waals surface area (Å²) in [4.78, 5) is 8.37. The molecule has 0 bridgehead atoms. The van der Waals surface area contributed by atoms with Crippen LogP contribution in [-0.4, -0.2) is 27.8 Å². The molecule has 0 amide bonds. The molecule has 0 aliphatic rings. The first-order valence-corrected chi connectivity index (χ1v) is 6.65. The fourth-order valence-electron chi connectivity index (χ4n) is 1.21. The summed E-state index contributed by atoms with van der Waals surface area (Å²) in [5, 5.41) is 0. The van der Waals surface area contributed by atoms with Gasteiger partial charge in [0.15, 0.2) is 5.78 Å². The van der Waals surface area contributed by atoms with Crippen LogP contribution >= 0.6 is 31.9 Å². The maximum absolute atomic E-state index is 13.1. The summed E-state index contributed by atoms with van der Waals surface area (Å²) < 4.78 is 50.5. The second-order valence-electron chi connectivity index (χ2n) is 3.51. The van der Waals surface area contributed by atoms with Crippen molar-refractivity contribution in [3.8, 4) is 0 Å². The van der Waals surface area contributed by atoms with E-state index >= 15 is 0 Å². The Kier molecular flexibility index (Phi) is 5.33. The summed E-state index contributed by atoms with van der Waals surface area (Å²) in [5.74, 6) is -4.98. The van der Waals surface area contributed by atoms with Gasteiger partial charge < -0.3 is 0 Å². The largest absolute Gasteiger partial charge is 0.321 e. The van der Waals surface area contributed by atoms with Crippen molar-refractivity contribution in [2.45, 2.75) is 22.0 Å². The van der Waals surface area contributed by atoms with Crippen molar-refractivity contribution in [1.29, 1.82) is 0 Å². The van der Waals surface area contributed by atoms with Gasteiger partial charge in [0, 0.05) is 5.56 Å². The lowest BCUT2D eigenvalue weighted by Gasteiger charge is -2.24. The smallest absolute Gasteiger partial charge is 0.293 e. The lowest BCUT2D eigenvalue weighted by atomic mass is 10.0. The quantitative estimate of drug-likeness (QED) is 0.415. The number of alkyl halides is 6. The minimum absolute atomic E-state index is 0.175. The highest BCUT2D eigenvalue weighted by molar-refractivity contribution is 9.12. The van der Waals surface area contributed by atoms with Gasteiger partial charge in [0.1, 0.15) is 4.83 Å². The molecule has 0 aromatic heterocycles. The molecule has 1 aromatic carbocycles. The van der Waals surface area contributed by atoms with Crippen LogP contribution in [0.2, 0.25) is 0 Å². The van der Waals surface area contributed by atoms with Crippen molar-refractivity contribution in [1.82, 2.24) is 0 Å². The first-order chi connectivity index (χ1) is 8.28. The molecule has 1 aromatic rings. The van der Waals surface area contributed by atoms with E-state index in [1.165, 1.54) is 12.1 Å². The third kappa shape index (κ3) is 3.32. The van der Waals surface area contributed by atoms with E-state index in [0.29, 0.717) is 0 Å². The maximum atomic E-state index is 13.1. The van der Waals surface area contributed by atoms with E-state index in [1.807, 2.05) is 0 Å². The van der Waals surface area contributed by atoms with Gasteiger partial charge >= 0.3 is 12.3 Å². The molecule has 0 fully saturated rings. The van der Waals surface area contributed by atoms with Gasteiger partial charge in [-0.2, -0.15) is 8.78 Å². The molecule has 18 heavy (non-hydrogen) atoms. The standard InChI is InChI=1S/C11H8Br2F4O/c12-7(9(13)11(16,17)10(14)15)8(18)6-4-2-1-3-5-6/h1-5,7,9-10H. The number of ketones is 1. The predicted molar refractivity (Wildman–Crippen MR) is 67.2 cm³/mol. The van der Waals surface area contributed by atoms with Crippen molar-refractivity contribution >= 4 is 37.6 Å². The minimum Gasteiger partial charge on any atom is -0.293 e. The van der Waals surface area contributed by atoms with Gasteiger partial charge in [0.25, 0.3) is 0 Å². The zero-order chi connectivity index (χ0) is 13.9. The third-order valence-electron chi connectivity index (χ3n) is 2.22. The monoisotopic (exact) mass is 390 g/mol. The highest BCUT2D eigenvalue weighted by atomic mass is 79.9. The van der Waals surface area contributed by atoms with Crippen LogP contribution in [0, 0.1) is 0 Å². The molecule has 0 aliphatic heterocycles. The minimum atomic E-state index is -4.29. The number of carbonyl (C=O) groups excluding carboxylic acids is 1. The summed E-state index contributed by atoms with van der Waals surface area (Å²) >= 11 is 5.21. The molecular weight excluding hydrogens is 384 g/mol. The molecule has 0 N–H and O–H groups in total. The van der Waals surface area contributed by atoms with Crippen LogP contribution in [0.3, 0.4) is 0 Å². The van der Waals surface area contributed by atoms with Crippen molar-refractivity contribution in [3.63, 3.8) is 0 Å². The van der Waals surface area contributed by atoms with Crippen molar-refractivity contribution < 1.29 is 22.4 Å². The van der Waals surface area contributed by atoms with Crippen molar-refractivity contribution in [2.24, 2.45) is 0 Å². The summed E-state index contributed by atoms with van der Waals surface area (Å²) in [6.07, 6.45) is -3.84. The fraction of sp³-hybridized carbons (Fsp3) is 0.364. The van der Waals surface area contributed by atoms with Gasteiger partial charge in [-0.25, -0.2) is 8.78 Å². The molecule has 1 rings (SSSR count). The van der Waals surface area contributed by atoms with Crippen LogP contribution in [0.1, 0.15) is 10.4 Å². The SMILES string of the molecule is O=C(c1ccccc1)C(Br)C(Br)C(F)(F)C(F)F. The molecule has 0 radical (unpaired) electrons. The van der Waals surface area contributed by atoms with E-state index in [0.717, 1.165) is 0 Å². The number of Topliss-reactive ketones (excluding diaryl/α,β-unsaturated/α-hetero) is 1. The van der Waals surface area contributed by atoms with E-state index in [1.54, 1.807) is 18.2 Å². The highest BCUT2D eigenvalue weighted by Crippen LogP contribution is 2.37. The Morgan fingerprint density at radius 2 is 1.61 bits per heavy atom. The first-order valence-electron chi connectivity index (χ1n) is 4.82. The average Bonchev–Trinajstić information content (AvgIpc) is 2.36. The van der Waals surface area contributed by atoms with E-state index in [2.05, 4.69) is 31.9 Å². The Balaban J connectivity index is 2.88. The number of hydrogen-bond acceptors (Lipinski definition) is 1. The van der Waals surface area contributed by atoms with E-state index < -0.39 is 27.8 Å². The zero-order valence-electron chi connectivity index (χ0n) is 8.79. The van der Waals surface area contributed by atoms with Gasteiger partial charge in [-0.05, 0) is 0 Å². The number of hydrogen-bond donors (Lipinski definition) is 0. The topological polar surface area (TPSA) is 17.1 Å². The summed E-state index contributed by atoms with van der Waals surface area (Å²) in [7, 11) is 0. The molecule has 2 unspecified atom stereocenters. The number of rotatable bonds is 5. The van der Waals surface area contributed by atoms with Crippen LogP contribution in [0.4, 0.5) is 17.6 Å². The second kappa shape index (κ2) is 6.14. The van der Waals surface area contributed by atoms with Gasteiger partial charge in [-0.3, -0.25) is 4.79 Å². The van der Waals surface area contributed by atoms with Crippen LogP contribution in [0.5, 0.6) is 0 Å². The normalized spacial score (nSPS) is 15.5.